The van der Waals surface area contributed by atoms with Crippen LogP contribution in [0.1, 0.15) is 23.9 Å². The van der Waals surface area contributed by atoms with Crippen LogP contribution in [0.2, 0.25) is 0 Å². The van der Waals surface area contributed by atoms with Crippen LogP contribution in [0.25, 0.3) is 11.8 Å². The van der Waals surface area contributed by atoms with Gasteiger partial charge in [0, 0.05) is 27.2 Å². The lowest BCUT2D eigenvalue weighted by Crippen LogP contribution is -2.15. The lowest BCUT2D eigenvalue weighted by Gasteiger charge is -2.10. The van der Waals surface area contributed by atoms with Gasteiger partial charge in [0.2, 0.25) is 0 Å². The van der Waals surface area contributed by atoms with Gasteiger partial charge in [0.05, 0.1) is 18.3 Å². The van der Waals surface area contributed by atoms with Crippen LogP contribution in [0.15, 0.2) is 51.6 Å². The number of methoxy groups -OCH3 is 1. The van der Waals surface area contributed by atoms with Crippen molar-refractivity contribution in [2.75, 3.05) is 7.11 Å². The first-order valence-corrected chi connectivity index (χ1v) is 8.90. The molecule has 1 aliphatic rings. The molecule has 1 aliphatic heterocycles. The van der Waals surface area contributed by atoms with Gasteiger partial charge >= 0.3 is 5.97 Å². The quantitative estimate of drug-likeness (QED) is 0.613. The maximum absolute atomic E-state index is 12.3. The van der Waals surface area contributed by atoms with Crippen LogP contribution < -0.4 is 5.32 Å². The molecule has 0 fully saturated rings. The van der Waals surface area contributed by atoms with Crippen molar-refractivity contribution >= 4 is 33.9 Å². The number of hydrogen-bond acceptors (Lipinski definition) is 3. The highest BCUT2D eigenvalue weighted by atomic mass is 79.9. The van der Waals surface area contributed by atoms with E-state index in [2.05, 4.69) is 25.8 Å². The van der Waals surface area contributed by atoms with E-state index >= 15 is 0 Å². The molecule has 1 amide bonds. The average Bonchev–Trinajstić information content (AvgIpc) is 3.02. The molecule has 0 aliphatic carbocycles. The molecule has 0 atom stereocenters. The average molecular weight is 415 g/mol. The zero-order valence-corrected chi connectivity index (χ0v) is 16.6. The first-order chi connectivity index (χ1) is 12.3. The van der Waals surface area contributed by atoms with Gasteiger partial charge in [-0.05, 0) is 56.7 Å². The predicted octanol–water partition coefficient (Wildman–Crippen LogP) is 3.82. The van der Waals surface area contributed by atoms with E-state index in [1.54, 1.807) is 13.0 Å². The lowest BCUT2D eigenvalue weighted by molar-refractivity contribution is -0.136. The molecule has 1 N–H and O–H groups in total. The Hall–Kier alpha value is -2.60. The van der Waals surface area contributed by atoms with Gasteiger partial charge in [0.15, 0.2) is 0 Å². The molecule has 0 spiro atoms. The molecule has 1 aromatic carbocycles. The van der Waals surface area contributed by atoms with Crippen molar-refractivity contribution < 1.29 is 14.3 Å². The van der Waals surface area contributed by atoms with Crippen molar-refractivity contribution in [3.8, 4) is 5.69 Å². The van der Waals surface area contributed by atoms with Crippen molar-refractivity contribution in [3.05, 3.63) is 68.6 Å². The summed E-state index contributed by atoms with van der Waals surface area (Å²) in [6, 6.07) is 10.00. The highest BCUT2D eigenvalue weighted by molar-refractivity contribution is 9.10. The minimum Gasteiger partial charge on any atom is -0.465 e. The topological polar surface area (TPSA) is 60.3 Å². The van der Waals surface area contributed by atoms with Gasteiger partial charge in [-0.2, -0.15) is 0 Å². The van der Waals surface area contributed by atoms with Crippen molar-refractivity contribution in [2.24, 2.45) is 0 Å². The summed E-state index contributed by atoms with van der Waals surface area (Å²) in [5.74, 6) is -0.817. The van der Waals surface area contributed by atoms with Gasteiger partial charge in [-0.25, -0.2) is 4.79 Å². The second-order valence-electron chi connectivity index (χ2n) is 6.15. The number of nitrogens with zero attached hydrogens (tertiary/aromatic N) is 1. The van der Waals surface area contributed by atoms with E-state index in [-0.39, 0.29) is 11.5 Å². The summed E-state index contributed by atoms with van der Waals surface area (Å²) < 4.78 is 7.92. The Balaban J connectivity index is 2.12. The molecule has 2 aromatic rings. The summed E-state index contributed by atoms with van der Waals surface area (Å²) >= 11 is 3.50. The molecule has 0 saturated carbocycles. The molecule has 5 nitrogen and oxygen atoms in total. The Morgan fingerprint density at radius 2 is 1.96 bits per heavy atom. The minimum atomic E-state index is -0.520. The lowest BCUT2D eigenvalue weighted by atomic mass is 10.0. The van der Waals surface area contributed by atoms with Crippen molar-refractivity contribution in [1.29, 1.82) is 0 Å². The smallest absolute Gasteiger partial charge is 0.340 e. The van der Waals surface area contributed by atoms with Gasteiger partial charge in [-0.3, -0.25) is 4.79 Å². The Kier molecular flexibility index (Phi) is 4.87. The van der Waals surface area contributed by atoms with E-state index in [1.807, 2.05) is 44.2 Å². The van der Waals surface area contributed by atoms with Crippen LogP contribution in [-0.2, 0) is 14.3 Å². The molecule has 0 saturated heterocycles. The molecule has 6 heteroatoms. The number of esters is 1. The fourth-order valence-electron chi connectivity index (χ4n) is 3.22. The van der Waals surface area contributed by atoms with Gasteiger partial charge < -0.3 is 14.6 Å². The highest BCUT2D eigenvalue weighted by Gasteiger charge is 2.31. The number of carbonyl (C=O) groups excluding carboxylic acids is 2. The van der Waals surface area contributed by atoms with Gasteiger partial charge in [0.1, 0.15) is 0 Å². The summed E-state index contributed by atoms with van der Waals surface area (Å²) in [6.07, 6.45) is 1.74. The summed E-state index contributed by atoms with van der Waals surface area (Å²) in [5, 5.41) is 2.69. The van der Waals surface area contributed by atoms with Crippen LogP contribution in [-0.4, -0.2) is 23.6 Å². The second-order valence-corrected chi connectivity index (χ2v) is 7.06. The highest BCUT2D eigenvalue weighted by Crippen LogP contribution is 2.29. The third kappa shape index (κ3) is 3.12. The number of carbonyl (C=O) groups is 2. The normalized spacial score (nSPS) is 15.6. The third-order valence-electron chi connectivity index (χ3n) is 4.42. The summed E-state index contributed by atoms with van der Waals surface area (Å²) in [4.78, 5) is 24.4. The number of halogens is 1. The maximum atomic E-state index is 12.3. The van der Waals surface area contributed by atoms with E-state index < -0.39 is 5.97 Å². The number of allylic oxidation sites excluding steroid dienone is 1. The summed E-state index contributed by atoms with van der Waals surface area (Å²) in [6.45, 7) is 5.68. The van der Waals surface area contributed by atoms with E-state index in [9.17, 15) is 9.59 Å². The Labute approximate surface area is 160 Å². The molecule has 26 heavy (non-hydrogen) atoms. The zero-order valence-electron chi connectivity index (χ0n) is 15.0. The van der Waals surface area contributed by atoms with Crippen LogP contribution >= 0.6 is 15.9 Å². The molecular formula is C20H19BrN2O3. The van der Waals surface area contributed by atoms with E-state index in [0.29, 0.717) is 11.3 Å². The van der Waals surface area contributed by atoms with Crippen molar-refractivity contribution in [3.63, 3.8) is 0 Å². The predicted molar refractivity (Wildman–Crippen MR) is 104 cm³/mol. The van der Waals surface area contributed by atoms with Gasteiger partial charge in [-0.15, -0.1) is 0 Å². The second kappa shape index (κ2) is 6.96. The monoisotopic (exact) mass is 414 g/mol. The Morgan fingerprint density at radius 1 is 1.23 bits per heavy atom. The molecule has 2 heterocycles. The van der Waals surface area contributed by atoms with E-state index in [4.69, 9.17) is 4.74 Å². The number of rotatable bonds is 3. The molecule has 3 rings (SSSR count). The molecule has 134 valence electrons. The van der Waals surface area contributed by atoms with E-state index in [0.717, 1.165) is 27.1 Å². The third-order valence-corrected chi connectivity index (χ3v) is 4.91. The number of ether oxygens (including phenoxy) is 1. The van der Waals surface area contributed by atoms with Gasteiger partial charge in [0.25, 0.3) is 5.91 Å². The van der Waals surface area contributed by atoms with Crippen LogP contribution in [0.4, 0.5) is 0 Å². The van der Waals surface area contributed by atoms with Gasteiger partial charge in [-0.1, -0.05) is 22.0 Å². The number of aryl methyl sites for hydroxylation is 1. The number of amides is 1. The SMILES string of the molecule is COC(=O)C1=C(C)NC(=O)C1=Cc1cc(C)n(-c2cccc(Br)c2)c1C. The number of aromatic nitrogens is 1. The van der Waals surface area contributed by atoms with Crippen molar-refractivity contribution in [2.45, 2.75) is 20.8 Å². The fourth-order valence-corrected chi connectivity index (χ4v) is 3.61. The molecule has 0 unspecified atom stereocenters. The zero-order chi connectivity index (χ0) is 19.0. The van der Waals surface area contributed by atoms with Crippen LogP contribution in [0.5, 0.6) is 0 Å². The van der Waals surface area contributed by atoms with Crippen LogP contribution in [0, 0.1) is 13.8 Å². The van der Waals surface area contributed by atoms with Crippen LogP contribution in [0.3, 0.4) is 0 Å². The largest absolute Gasteiger partial charge is 0.465 e. The summed E-state index contributed by atoms with van der Waals surface area (Å²) in [5.41, 5.74) is 5.03. The maximum Gasteiger partial charge on any atom is 0.340 e. The standard InChI is InChI=1S/C20H19BrN2O3/c1-11-8-14(13(3)23(11)16-7-5-6-15(21)10-16)9-17-18(20(25)26-4)12(2)22-19(17)24/h5-10H,1-4H3,(H,22,24). The fraction of sp³-hybridized carbons (Fsp3) is 0.200. The number of nitrogens with one attached hydrogen (secondary N) is 1. The molecular weight excluding hydrogens is 396 g/mol. The Morgan fingerprint density at radius 3 is 2.62 bits per heavy atom. The summed E-state index contributed by atoms with van der Waals surface area (Å²) in [7, 11) is 1.31. The number of benzene rings is 1. The number of hydrogen-bond donors (Lipinski definition) is 1. The van der Waals surface area contributed by atoms with Crippen molar-refractivity contribution in [1.82, 2.24) is 9.88 Å². The minimum absolute atomic E-state index is 0.282. The Bertz CT molecular complexity index is 983. The molecule has 0 bridgehead atoms. The first-order valence-electron chi connectivity index (χ1n) is 8.11. The first kappa shape index (κ1) is 18.2. The molecule has 1 aromatic heterocycles. The van der Waals surface area contributed by atoms with E-state index in [1.165, 1.54) is 7.11 Å². The molecule has 0 radical (unpaired) electrons.